The Morgan fingerprint density at radius 2 is 1.87 bits per heavy atom. The van der Waals surface area contributed by atoms with Crippen molar-refractivity contribution in [3.63, 3.8) is 0 Å². The van der Waals surface area contributed by atoms with Gasteiger partial charge in [-0.3, -0.25) is 9.69 Å². The molecule has 30 heavy (non-hydrogen) atoms. The predicted molar refractivity (Wildman–Crippen MR) is 119 cm³/mol. The first-order valence-electron chi connectivity index (χ1n) is 10.1. The van der Waals surface area contributed by atoms with Crippen molar-refractivity contribution in [1.29, 1.82) is 0 Å². The second-order valence-electron chi connectivity index (χ2n) is 7.98. The van der Waals surface area contributed by atoms with Gasteiger partial charge in [0, 0.05) is 29.1 Å². The minimum atomic E-state index is -1.06. The lowest BCUT2D eigenvalue weighted by molar-refractivity contribution is -0.0657. The van der Waals surface area contributed by atoms with Crippen LogP contribution >= 0.6 is 11.3 Å². The molecule has 0 bridgehead atoms. The SMILES string of the molecule is C[C@@]1(O)CCN(Cc2ccccc2O)[C@@H](c2cccs2)[C@@H]1NC(=O)c1ccccc1. The number of rotatable bonds is 5. The maximum Gasteiger partial charge on any atom is 0.251 e. The fraction of sp³-hybridized carbons (Fsp3) is 0.292. The van der Waals surface area contributed by atoms with Crippen LogP contribution in [0.2, 0.25) is 0 Å². The molecule has 2 heterocycles. The van der Waals surface area contributed by atoms with Crippen LogP contribution in [0.1, 0.15) is 40.2 Å². The molecule has 1 aliphatic heterocycles. The summed E-state index contributed by atoms with van der Waals surface area (Å²) in [5.74, 6) is 0.0523. The molecule has 5 nitrogen and oxygen atoms in total. The predicted octanol–water partition coefficient (Wildman–Crippen LogP) is 3.95. The molecule has 0 radical (unpaired) electrons. The van der Waals surface area contributed by atoms with Crippen molar-refractivity contribution in [2.24, 2.45) is 0 Å². The summed E-state index contributed by atoms with van der Waals surface area (Å²) >= 11 is 1.61. The number of benzene rings is 2. The molecular formula is C24H26N2O3S. The van der Waals surface area contributed by atoms with E-state index in [-0.39, 0.29) is 17.7 Å². The number of aromatic hydroxyl groups is 1. The molecule has 3 atom stereocenters. The number of nitrogens with zero attached hydrogens (tertiary/aromatic N) is 1. The standard InChI is InChI=1S/C24H26N2O3S/c1-24(29)13-14-26(16-18-10-5-6-11-19(18)27)21(20-12-7-15-30-20)22(24)25-23(28)17-8-3-2-4-9-17/h2-12,15,21-22,27,29H,13-14,16H2,1H3,(H,25,28)/t21-,22-,24+/m0/s1. The molecule has 1 aromatic heterocycles. The van der Waals surface area contributed by atoms with E-state index in [1.54, 1.807) is 42.5 Å². The molecule has 1 saturated heterocycles. The fourth-order valence-electron chi connectivity index (χ4n) is 4.11. The Hall–Kier alpha value is -2.67. The van der Waals surface area contributed by atoms with Gasteiger partial charge in [-0.2, -0.15) is 0 Å². The largest absolute Gasteiger partial charge is 0.508 e. The van der Waals surface area contributed by atoms with Gasteiger partial charge in [-0.25, -0.2) is 0 Å². The highest BCUT2D eigenvalue weighted by atomic mass is 32.1. The van der Waals surface area contributed by atoms with Gasteiger partial charge in [-0.1, -0.05) is 42.5 Å². The molecular weight excluding hydrogens is 396 g/mol. The third-order valence-electron chi connectivity index (χ3n) is 5.81. The number of hydrogen-bond acceptors (Lipinski definition) is 5. The van der Waals surface area contributed by atoms with Crippen LogP contribution in [0.15, 0.2) is 72.1 Å². The third-order valence-corrected chi connectivity index (χ3v) is 6.75. The van der Waals surface area contributed by atoms with Gasteiger partial charge >= 0.3 is 0 Å². The van der Waals surface area contributed by atoms with Crippen LogP contribution in [-0.4, -0.2) is 39.2 Å². The molecule has 0 aliphatic carbocycles. The van der Waals surface area contributed by atoms with E-state index in [0.717, 1.165) is 10.4 Å². The number of phenolic OH excluding ortho intramolecular Hbond substituents is 1. The number of carbonyl (C=O) groups is 1. The van der Waals surface area contributed by atoms with Crippen LogP contribution in [0, 0.1) is 0 Å². The Kier molecular flexibility index (Phi) is 5.90. The molecule has 1 aliphatic rings. The number of hydrogen-bond donors (Lipinski definition) is 3. The van der Waals surface area contributed by atoms with Gasteiger partial charge in [0.05, 0.1) is 17.7 Å². The van der Waals surface area contributed by atoms with Crippen LogP contribution in [0.3, 0.4) is 0 Å². The van der Waals surface area contributed by atoms with Gasteiger partial charge in [0.1, 0.15) is 5.75 Å². The average Bonchev–Trinajstić information content (AvgIpc) is 3.27. The number of aliphatic hydroxyl groups is 1. The number of piperidine rings is 1. The van der Waals surface area contributed by atoms with Crippen LogP contribution in [0.5, 0.6) is 5.75 Å². The van der Waals surface area contributed by atoms with Gasteiger partial charge in [-0.05, 0) is 43.0 Å². The van der Waals surface area contributed by atoms with Gasteiger partial charge in [0.2, 0.25) is 0 Å². The number of nitrogens with one attached hydrogen (secondary N) is 1. The van der Waals surface area contributed by atoms with Crippen molar-refractivity contribution >= 4 is 17.2 Å². The Balaban J connectivity index is 1.67. The Labute approximate surface area is 180 Å². The Morgan fingerprint density at radius 1 is 1.13 bits per heavy atom. The first-order valence-corrected chi connectivity index (χ1v) is 11.0. The molecule has 156 valence electrons. The number of para-hydroxylation sites is 1. The number of phenols is 1. The first-order chi connectivity index (χ1) is 14.5. The van der Waals surface area contributed by atoms with E-state index in [1.807, 2.05) is 47.8 Å². The maximum atomic E-state index is 13.0. The van der Waals surface area contributed by atoms with E-state index in [9.17, 15) is 15.0 Å². The number of likely N-dealkylation sites (tertiary alicyclic amines) is 1. The summed E-state index contributed by atoms with van der Waals surface area (Å²) < 4.78 is 0. The Morgan fingerprint density at radius 3 is 2.57 bits per heavy atom. The van der Waals surface area contributed by atoms with E-state index in [2.05, 4.69) is 10.2 Å². The molecule has 1 fully saturated rings. The maximum absolute atomic E-state index is 13.0. The molecule has 1 amide bonds. The first kappa shape index (κ1) is 20.6. The lowest BCUT2D eigenvalue weighted by atomic mass is 9.81. The molecule has 6 heteroatoms. The van der Waals surface area contributed by atoms with Gasteiger partial charge in [0.15, 0.2) is 0 Å². The summed E-state index contributed by atoms with van der Waals surface area (Å²) in [6.45, 7) is 2.98. The number of amides is 1. The number of carbonyl (C=O) groups excluding carboxylic acids is 1. The van der Waals surface area contributed by atoms with Crippen molar-refractivity contribution in [1.82, 2.24) is 10.2 Å². The smallest absolute Gasteiger partial charge is 0.251 e. The van der Waals surface area contributed by atoms with Crippen molar-refractivity contribution < 1.29 is 15.0 Å². The normalized spacial score (nSPS) is 24.5. The van der Waals surface area contributed by atoms with Crippen LogP contribution in [-0.2, 0) is 6.54 Å². The van der Waals surface area contributed by atoms with Crippen molar-refractivity contribution in [3.05, 3.63) is 88.1 Å². The Bertz CT molecular complexity index is 989. The summed E-state index contributed by atoms with van der Waals surface area (Å²) in [5.41, 5.74) is 0.332. The monoisotopic (exact) mass is 422 g/mol. The molecule has 3 aromatic rings. The highest BCUT2D eigenvalue weighted by molar-refractivity contribution is 7.10. The topological polar surface area (TPSA) is 72.8 Å². The van der Waals surface area contributed by atoms with Gasteiger partial charge in [-0.15, -0.1) is 11.3 Å². The van der Waals surface area contributed by atoms with Crippen LogP contribution in [0.25, 0.3) is 0 Å². The molecule has 2 aromatic carbocycles. The number of thiophene rings is 1. The molecule has 0 unspecified atom stereocenters. The summed E-state index contributed by atoms with van der Waals surface area (Å²) in [4.78, 5) is 16.3. The lowest BCUT2D eigenvalue weighted by Gasteiger charge is -2.48. The highest BCUT2D eigenvalue weighted by Crippen LogP contribution is 2.40. The minimum absolute atomic E-state index is 0.202. The fourth-order valence-corrected chi connectivity index (χ4v) is 5.00. The summed E-state index contributed by atoms with van der Waals surface area (Å²) in [6.07, 6.45) is 0.516. The highest BCUT2D eigenvalue weighted by Gasteiger charge is 2.46. The van der Waals surface area contributed by atoms with E-state index in [1.165, 1.54) is 0 Å². The molecule has 0 saturated carbocycles. The van der Waals surface area contributed by atoms with E-state index >= 15 is 0 Å². The van der Waals surface area contributed by atoms with Crippen molar-refractivity contribution in [2.75, 3.05) is 6.54 Å². The van der Waals surface area contributed by atoms with E-state index < -0.39 is 11.6 Å². The minimum Gasteiger partial charge on any atom is -0.508 e. The molecule has 0 spiro atoms. The second kappa shape index (κ2) is 8.60. The van der Waals surface area contributed by atoms with E-state index in [4.69, 9.17) is 0 Å². The van der Waals surface area contributed by atoms with Gasteiger partial charge in [0.25, 0.3) is 5.91 Å². The van der Waals surface area contributed by atoms with Gasteiger partial charge < -0.3 is 15.5 Å². The zero-order chi connectivity index (χ0) is 21.1. The van der Waals surface area contributed by atoms with Crippen molar-refractivity contribution in [3.8, 4) is 5.75 Å². The zero-order valence-corrected chi connectivity index (χ0v) is 17.7. The molecule has 4 rings (SSSR count). The van der Waals surface area contributed by atoms with Crippen molar-refractivity contribution in [2.45, 2.75) is 37.6 Å². The summed E-state index contributed by atoms with van der Waals surface area (Å²) in [7, 11) is 0. The quantitative estimate of drug-likeness (QED) is 0.582. The average molecular weight is 423 g/mol. The van der Waals surface area contributed by atoms with E-state index in [0.29, 0.717) is 25.1 Å². The second-order valence-corrected chi connectivity index (χ2v) is 8.96. The van der Waals surface area contributed by atoms with Crippen LogP contribution < -0.4 is 5.32 Å². The van der Waals surface area contributed by atoms with Crippen LogP contribution in [0.4, 0.5) is 0 Å². The third kappa shape index (κ3) is 4.26. The lowest BCUT2D eigenvalue weighted by Crippen LogP contribution is -2.62. The summed E-state index contributed by atoms with van der Waals surface area (Å²) in [5, 5.41) is 26.6. The summed E-state index contributed by atoms with van der Waals surface area (Å²) in [6, 6.07) is 19.7. The zero-order valence-electron chi connectivity index (χ0n) is 16.9. The molecule has 3 N–H and O–H groups in total.